The molecule has 0 fully saturated rings. The van der Waals surface area contributed by atoms with Crippen LogP contribution in [0.2, 0.25) is 0 Å². The SMILES string of the molecule is CC(=O)O.CC(=O)O.FC(F)(F)c1ccccc1.[Pd]. The second kappa shape index (κ2) is 11.7. The first-order chi connectivity index (χ1) is 8.07. The van der Waals surface area contributed by atoms with Crippen LogP contribution in [0.5, 0.6) is 0 Å². The molecule has 112 valence electrons. The number of carbonyl (C=O) groups is 2. The van der Waals surface area contributed by atoms with E-state index < -0.39 is 23.7 Å². The molecule has 0 saturated carbocycles. The fourth-order valence-corrected chi connectivity index (χ4v) is 0.627. The molecule has 0 aliphatic rings. The van der Waals surface area contributed by atoms with E-state index in [-0.39, 0.29) is 20.4 Å². The normalized spacial score (nSPS) is 8.68. The molecule has 0 saturated heterocycles. The Morgan fingerprint density at radius 1 is 0.947 bits per heavy atom. The van der Waals surface area contributed by atoms with Gasteiger partial charge in [-0.1, -0.05) is 30.3 Å². The number of rotatable bonds is 0. The second-order valence-corrected chi connectivity index (χ2v) is 2.90. The Kier molecular flexibility index (Phi) is 14.0. The number of benzene rings is 1. The van der Waals surface area contributed by atoms with Gasteiger partial charge in [0, 0.05) is 34.3 Å². The van der Waals surface area contributed by atoms with E-state index in [4.69, 9.17) is 19.8 Å². The van der Waals surface area contributed by atoms with Crippen molar-refractivity contribution in [2.24, 2.45) is 0 Å². The maximum Gasteiger partial charge on any atom is 0.416 e. The van der Waals surface area contributed by atoms with Gasteiger partial charge >= 0.3 is 6.18 Å². The summed E-state index contributed by atoms with van der Waals surface area (Å²) in [5.74, 6) is -1.67. The van der Waals surface area contributed by atoms with Crippen LogP contribution in [-0.4, -0.2) is 22.2 Å². The van der Waals surface area contributed by atoms with Gasteiger partial charge in [-0.25, -0.2) is 0 Å². The Morgan fingerprint density at radius 2 is 1.21 bits per heavy atom. The zero-order chi connectivity index (χ0) is 14.8. The number of carboxylic acids is 2. The van der Waals surface area contributed by atoms with Crippen molar-refractivity contribution in [3.63, 3.8) is 0 Å². The Bertz CT molecular complexity index is 346. The Balaban J connectivity index is -0.000000242. The van der Waals surface area contributed by atoms with Crippen LogP contribution < -0.4 is 0 Å². The van der Waals surface area contributed by atoms with Gasteiger partial charge < -0.3 is 10.2 Å². The van der Waals surface area contributed by atoms with Crippen molar-refractivity contribution in [1.82, 2.24) is 0 Å². The molecule has 0 aliphatic carbocycles. The van der Waals surface area contributed by atoms with Crippen molar-refractivity contribution in [3.8, 4) is 0 Å². The van der Waals surface area contributed by atoms with E-state index in [0.717, 1.165) is 26.0 Å². The smallest absolute Gasteiger partial charge is 0.416 e. The van der Waals surface area contributed by atoms with Crippen LogP contribution in [0.3, 0.4) is 0 Å². The largest absolute Gasteiger partial charge is 0.481 e. The maximum atomic E-state index is 11.8. The van der Waals surface area contributed by atoms with Crippen LogP contribution in [0.4, 0.5) is 13.2 Å². The minimum absolute atomic E-state index is 0. The number of hydrogen-bond acceptors (Lipinski definition) is 2. The third-order valence-electron chi connectivity index (χ3n) is 1.10. The average molecular weight is 373 g/mol. The summed E-state index contributed by atoms with van der Waals surface area (Å²) in [5, 5.41) is 14.8. The molecule has 1 aromatic rings. The van der Waals surface area contributed by atoms with Crippen molar-refractivity contribution < 1.29 is 53.4 Å². The molecule has 8 heteroatoms. The molecule has 0 radical (unpaired) electrons. The maximum absolute atomic E-state index is 11.8. The molecule has 0 heterocycles. The van der Waals surface area contributed by atoms with Gasteiger partial charge in [-0.2, -0.15) is 13.2 Å². The Morgan fingerprint density at radius 3 is 1.37 bits per heavy atom. The van der Waals surface area contributed by atoms with E-state index in [9.17, 15) is 13.2 Å². The molecule has 4 nitrogen and oxygen atoms in total. The van der Waals surface area contributed by atoms with Crippen molar-refractivity contribution in [2.45, 2.75) is 20.0 Å². The first kappa shape index (κ1) is 22.8. The van der Waals surface area contributed by atoms with Crippen LogP contribution in [0.1, 0.15) is 19.4 Å². The molecule has 0 aromatic heterocycles. The molecule has 0 aliphatic heterocycles. The molecule has 1 rings (SSSR count). The molecule has 2 N–H and O–H groups in total. The summed E-state index contributed by atoms with van der Waals surface area (Å²) in [4.78, 5) is 18.0. The van der Waals surface area contributed by atoms with Gasteiger partial charge in [-0.3, -0.25) is 9.59 Å². The molecular weight excluding hydrogens is 360 g/mol. The summed E-state index contributed by atoms with van der Waals surface area (Å²) in [6.45, 7) is 2.17. The van der Waals surface area contributed by atoms with Crippen LogP contribution in [0.25, 0.3) is 0 Å². The topological polar surface area (TPSA) is 74.6 Å². The van der Waals surface area contributed by atoms with E-state index in [2.05, 4.69) is 0 Å². The van der Waals surface area contributed by atoms with Crippen LogP contribution in [-0.2, 0) is 36.2 Å². The van der Waals surface area contributed by atoms with Crippen molar-refractivity contribution >= 4 is 11.9 Å². The van der Waals surface area contributed by atoms with Crippen molar-refractivity contribution in [2.75, 3.05) is 0 Å². The molecule has 0 amide bonds. The predicted molar refractivity (Wildman–Crippen MR) is 58.1 cm³/mol. The zero-order valence-electron chi connectivity index (χ0n) is 10.0. The van der Waals surface area contributed by atoms with E-state index >= 15 is 0 Å². The first-order valence-corrected chi connectivity index (χ1v) is 4.58. The summed E-state index contributed by atoms with van der Waals surface area (Å²) in [6, 6.07) is 6.36. The number of carboxylic acid groups (broad SMARTS) is 2. The molecule has 1 aromatic carbocycles. The van der Waals surface area contributed by atoms with Gasteiger partial charge in [0.25, 0.3) is 11.9 Å². The van der Waals surface area contributed by atoms with Crippen molar-refractivity contribution in [3.05, 3.63) is 35.9 Å². The summed E-state index contributed by atoms with van der Waals surface area (Å²) >= 11 is 0. The van der Waals surface area contributed by atoms with Crippen LogP contribution >= 0.6 is 0 Å². The summed E-state index contributed by atoms with van der Waals surface area (Å²) in [6.07, 6.45) is -4.21. The zero-order valence-corrected chi connectivity index (χ0v) is 11.6. The summed E-state index contributed by atoms with van der Waals surface area (Å²) < 4.78 is 35.4. The Hall–Kier alpha value is -1.39. The standard InChI is InChI=1S/C7H5F3.2C2H4O2.Pd/c8-7(9,10)6-4-2-1-3-5-6;2*1-2(3)4;/h1-5H;2*1H3,(H,3,4);. The van der Waals surface area contributed by atoms with Gasteiger partial charge in [0.15, 0.2) is 0 Å². The summed E-state index contributed by atoms with van der Waals surface area (Å²) in [7, 11) is 0. The van der Waals surface area contributed by atoms with Gasteiger partial charge in [0.05, 0.1) is 5.56 Å². The first-order valence-electron chi connectivity index (χ1n) is 4.58. The third-order valence-corrected chi connectivity index (χ3v) is 1.10. The van der Waals surface area contributed by atoms with Gasteiger partial charge in [-0.15, -0.1) is 0 Å². The number of hydrogen-bond donors (Lipinski definition) is 2. The molecular formula is C11H13F3O4Pd. The molecule has 0 unspecified atom stereocenters. The van der Waals surface area contributed by atoms with E-state index in [1.807, 2.05) is 0 Å². The molecule has 0 bridgehead atoms. The van der Waals surface area contributed by atoms with Crippen molar-refractivity contribution in [1.29, 1.82) is 0 Å². The number of alkyl halides is 3. The predicted octanol–water partition coefficient (Wildman–Crippen LogP) is 2.88. The molecule has 19 heavy (non-hydrogen) atoms. The second-order valence-electron chi connectivity index (χ2n) is 2.90. The van der Waals surface area contributed by atoms with Gasteiger partial charge in [0.2, 0.25) is 0 Å². The number of aliphatic carboxylic acids is 2. The monoisotopic (exact) mass is 372 g/mol. The molecule has 0 spiro atoms. The number of halogens is 3. The quantitative estimate of drug-likeness (QED) is 0.687. The molecule has 0 atom stereocenters. The third kappa shape index (κ3) is 22.3. The average Bonchev–Trinajstić information content (AvgIpc) is 2.16. The van der Waals surface area contributed by atoms with Gasteiger partial charge in [0.1, 0.15) is 0 Å². The van der Waals surface area contributed by atoms with E-state index in [1.165, 1.54) is 12.1 Å². The van der Waals surface area contributed by atoms with E-state index in [0.29, 0.717) is 0 Å². The minimum Gasteiger partial charge on any atom is -0.481 e. The summed E-state index contributed by atoms with van der Waals surface area (Å²) in [5.41, 5.74) is -0.602. The Labute approximate surface area is 121 Å². The van der Waals surface area contributed by atoms with Crippen LogP contribution in [0, 0.1) is 0 Å². The van der Waals surface area contributed by atoms with E-state index in [1.54, 1.807) is 6.07 Å². The fraction of sp³-hybridized carbons (Fsp3) is 0.273. The minimum atomic E-state index is -4.21. The fourth-order valence-electron chi connectivity index (χ4n) is 0.627. The van der Waals surface area contributed by atoms with Gasteiger partial charge in [-0.05, 0) is 0 Å². The van der Waals surface area contributed by atoms with Crippen LogP contribution in [0.15, 0.2) is 30.3 Å².